The van der Waals surface area contributed by atoms with Crippen molar-refractivity contribution in [2.45, 2.75) is 36.8 Å². The van der Waals surface area contributed by atoms with E-state index in [0.717, 1.165) is 37.0 Å². The second-order valence-corrected chi connectivity index (χ2v) is 7.05. The standard InChI is InChI=1S/C21H27NO2/c1-22(2)20(17-7-5-4-6-8-17)13-15-21(23,16-14-20)18-9-11-19(24-3)12-10-18/h4-12,23H,13-16H2,1-3H3. The fourth-order valence-electron chi connectivity index (χ4n) is 4.01. The minimum absolute atomic E-state index is 0.0000393. The fourth-order valence-corrected chi connectivity index (χ4v) is 4.01. The van der Waals surface area contributed by atoms with Gasteiger partial charge in [0, 0.05) is 5.54 Å². The molecular formula is C21H27NO2. The maximum Gasteiger partial charge on any atom is 0.118 e. The highest BCUT2D eigenvalue weighted by Crippen LogP contribution is 2.48. The van der Waals surface area contributed by atoms with Crippen LogP contribution in [-0.4, -0.2) is 31.2 Å². The molecule has 2 aromatic rings. The van der Waals surface area contributed by atoms with Crippen molar-refractivity contribution in [2.75, 3.05) is 21.2 Å². The Morgan fingerprint density at radius 2 is 1.42 bits per heavy atom. The minimum atomic E-state index is -0.749. The first-order valence-corrected chi connectivity index (χ1v) is 8.60. The van der Waals surface area contributed by atoms with Gasteiger partial charge in [-0.15, -0.1) is 0 Å². The summed E-state index contributed by atoms with van der Waals surface area (Å²) in [5, 5.41) is 11.2. The summed E-state index contributed by atoms with van der Waals surface area (Å²) < 4.78 is 5.22. The van der Waals surface area contributed by atoms with Gasteiger partial charge in [0.1, 0.15) is 5.75 Å². The van der Waals surface area contributed by atoms with Crippen molar-refractivity contribution >= 4 is 0 Å². The highest BCUT2D eigenvalue weighted by Gasteiger charge is 2.44. The second-order valence-electron chi connectivity index (χ2n) is 7.05. The molecule has 128 valence electrons. The lowest BCUT2D eigenvalue weighted by atomic mass is 9.68. The number of nitrogens with zero attached hydrogens (tertiary/aromatic N) is 1. The summed E-state index contributed by atoms with van der Waals surface area (Å²) >= 11 is 0. The van der Waals surface area contributed by atoms with E-state index in [1.807, 2.05) is 24.3 Å². The number of aliphatic hydroxyl groups is 1. The molecule has 3 rings (SSSR count). The average molecular weight is 325 g/mol. The number of ether oxygens (including phenoxy) is 1. The molecule has 0 aromatic heterocycles. The van der Waals surface area contributed by atoms with Crippen molar-refractivity contribution < 1.29 is 9.84 Å². The van der Waals surface area contributed by atoms with E-state index in [-0.39, 0.29) is 5.54 Å². The molecule has 0 aliphatic heterocycles. The van der Waals surface area contributed by atoms with Gasteiger partial charge < -0.3 is 9.84 Å². The molecule has 0 amide bonds. The first kappa shape index (κ1) is 17.0. The van der Waals surface area contributed by atoms with Crippen molar-refractivity contribution in [3.8, 4) is 5.75 Å². The van der Waals surface area contributed by atoms with Crippen molar-refractivity contribution in [3.63, 3.8) is 0 Å². The highest BCUT2D eigenvalue weighted by atomic mass is 16.5. The van der Waals surface area contributed by atoms with Crippen molar-refractivity contribution in [1.82, 2.24) is 4.90 Å². The van der Waals surface area contributed by atoms with E-state index in [2.05, 4.69) is 49.3 Å². The Morgan fingerprint density at radius 1 is 0.833 bits per heavy atom. The van der Waals surface area contributed by atoms with E-state index in [9.17, 15) is 5.11 Å². The normalized spacial score (nSPS) is 27.2. The van der Waals surface area contributed by atoms with Crippen LogP contribution in [0.25, 0.3) is 0 Å². The molecule has 1 aliphatic rings. The number of methoxy groups -OCH3 is 1. The summed E-state index contributed by atoms with van der Waals surface area (Å²) in [6.07, 6.45) is 3.39. The Labute approximate surface area is 144 Å². The smallest absolute Gasteiger partial charge is 0.118 e. The summed E-state index contributed by atoms with van der Waals surface area (Å²) in [6.45, 7) is 0. The monoisotopic (exact) mass is 325 g/mol. The third kappa shape index (κ3) is 2.94. The third-order valence-electron chi connectivity index (χ3n) is 5.70. The summed E-state index contributed by atoms with van der Waals surface area (Å²) in [7, 11) is 5.95. The predicted octanol–water partition coefficient (Wildman–Crippen LogP) is 3.91. The molecule has 0 atom stereocenters. The lowest BCUT2D eigenvalue weighted by Crippen LogP contribution is -2.48. The van der Waals surface area contributed by atoms with Crippen molar-refractivity contribution in [2.24, 2.45) is 0 Å². The van der Waals surface area contributed by atoms with Crippen LogP contribution in [0.4, 0.5) is 0 Å². The van der Waals surface area contributed by atoms with Crippen LogP contribution in [0.1, 0.15) is 36.8 Å². The molecule has 24 heavy (non-hydrogen) atoms. The van der Waals surface area contributed by atoms with Crippen LogP contribution < -0.4 is 4.74 Å². The van der Waals surface area contributed by atoms with E-state index in [1.54, 1.807) is 7.11 Å². The lowest BCUT2D eigenvalue weighted by Gasteiger charge is -2.48. The first-order chi connectivity index (χ1) is 11.5. The van der Waals surface area contributed by atoms with E-state index in [0.29, 0.717) is 0 Å². The van der Waals surface area contributed by atoms with Crippen molar-refractivity contribution in [1.29, 1.82) is 0 Å². The number of hydrogen-bond donors (Lipinski definition) is 1. The van der Waals surface area contributed by atoms with Crippen LogP contribution in [0.3, 0.4) is 0 Å². The Morgan fingerprint density at radius 3 is 1.92 bits per heavy atom. The molecule has 0 heterocycles. The molecule has 2 aromatic carbocycles. The molecule has 0 saturated heterocycles. The molecule has 3 heteroatoms. The largest absolute Gasteiger partial charge is 0.497 e. The summed E-state index contributed by atoms with van der Waals surface area (Å²) in [5.41, 5.74) is 1.58. The van der Waals surface area contributed by atoms with E-state index >= 15 is 0 Å². The van der Waals surface area contributed by atoms with E-state index in [1.165, 1.54) is 5.56 Å². The van der Waals surface area contributed by atoms with Crippen LogP contribution in [0.15, 0.2) is 54.6 Å². The first-order valence-electron chi connectivity index (χ1n) is 8.60. The van der Waals surface area contributed by atoms with Crippen LogP contribution >= 0.6 is 0 Å². The molecular weight excluding hydrogens is 298 g/mol. The molecule has 1 saturated carbocycles. The fraction of sp³-hybridized carbons (Fsp3) is 0.429. The molecule has 0 spiro atoms. The summed E-state index contributed by atoms with van der Waals surface area (Å²) in [6, 6.07) is 18.5. The van der Waals surface area contributed by atoms with Gasteiger partial charge in [0.2, 0.25) is 0 Å². The van der Waals surface area contributed by atoms with Crippen LogP contribution in [0, 0.1) is 0 Å². The van der Waals surface area contributed by atoms with E-state index in [4.69, 9.17) is 4.74 Å². The predicted molar refractivity (Wildman–Crippen MR) is 97.2 cm³/mol. The SMILES string of the molecule is COc1ccc(C2(O)CCC(c3ccccc3)(N(C)C)CC2)cc1. The molecule has 1 aliphatic carbocycles. The highest BCUT2D eigenvalue weighted by molar-refractivity contribution is 5.33. The van der Waals surface area contributed by atoms with Gasteiger partial charge in [-0.1, -0.05) is 42.5 Å². The number of hydrogen-bond acceptors (Lipinski definition) is 3. The molecule has 0 radical (unpaired) electrons. The lowest BCUT2D eigenvalue weighted by molar-refractivity contribution is -0.0509. The van der Waals surface area contributed by atoms with Gasteiger partial charge in [-0.25, -0.2) is 0 Å². The minimum Gasteiger partial charge on any atom is -0.497 e. The zero-order valence-electron chi connectivity index (χ0n) is 14.8. The van der Waals surface area contributed by atoms with E-state index < -0.39 is 5.60 Å². The number of rotatable bonds is 4. The van der Waals surface area contributed by atoms with Crippen molar-refractivity contribution in [3.05, 3.63) is 65.7 Å². The maximum absolute atomic E-state index is 11.2. The Bertz CT molecular complexity index is 656. The molecule has 3 nitrogen and oxygen atoms in total. The molecule has 0 bridgehead atoms. The Kier molecular flexibility index (Phi) is 4.66. The average Bonchev–Trinajstić information content (AvgIpc) is 2.63. The number of benzene rings is 2. The quantitative estimate of drug-likeness (QED) is 0.925. The summed E-state index contributed by atoms with van der Waals surface area (Å²) in [5.74, 6) is 0.824. The zero-order chi connectivity index (χ0) is 17.2. The molecule has 1 N–H and O–H groups in total. The van der Waals surface area contributed by atoms with Crippen LogP contribution in [0.2, 0.25) is 0 Å². The van der Waals surface area contributed by atoms with Gasteiger partial charge in [-0.2, -0.15) is 0 Å². The summed E-state index contributed by atoms with van der Waals surface area (Å²) in [4.78, 5) is 2.32. The third-order valence-corrected chi connectivity index (χ3v) is 5.70. The zero-order valence-corrected chi connectivity index (χ0v) is 14.8. The second kappa shape index (κ2) is 6.58. The molecule has 0 unspecified atom stereocenters. The van der Waals surface area contributed by atoms with Gasteiger partial charge in [0.15, 0.2) is 0 Å². The maximum atomic E-state index is 11.2. The topological polar surface area (TPSA) is 32.7 Å². The Hall–Kier alpha value is -1.84. The van der Waals surface area contributed by atoms with Gasteiger partial charge in [0.25, 0.3) is 0 Å². The van der Waals surface area contributed by atoms with Gasteiger partial charge in [-0.3, -0.25) is 4.90 Å². The van der Waals surface area contributed by atoms with Gasteiger partial charge in [0.05, 0.1) is 12.7 Å². The van der Waals surface area contributed by atoms with Crippen LogP contribution in [0.5, 0.6) is 5.75 Å². The van der Waals surface area contributed by atoms with Gasteiger partial charge in [-0.05, 0) is 63.0 Å². The van der Waals surface area contributed by atoms with Crippen LogP contribution in [-0.2, 0) is 11.1 Å². The molecule has 1 fully saturated rings. The van der Waals surface area contributed by atoms with Gasteiger partial charge >= 0.3 is 0 Å². The Balaban J connectivity index is 1.84.